The monoisotopic (exact) mass is 245 g/mol. The molecule has 0 aliphatic heterocycles. The number of aliphatic hydroxyl groups is 1. The van der Waals surface area contributed by atoms with Crippen LogP contribution in [0.25, 0.3) is 0 Å². The number of aromatic nitrogens is 2. The summed E-state index contributed by atoms with van der Waals surface area (Å²) in [6, 6.07) is 0. The first-order chi connectivity index (χ1) is 7.46. The Bertz CT molecular complexity index is 365. The van der Waals surface area contributed by atoms with Crippen LogP contribution in [0.1, 0.15) is 22.3 Å². The van der Waals surface area contributed by atoms with Crippen molar-refractivity contribution in [3.63, 3.8) is 0 Å². The van der Waals surface area contributed by atoms with Gasteiger partial charge in [-0.15, -0.1) is 5.10 Å². The molecule has 1 atom stereocenters. The van der Waals surface area contributed by atoms with Crippen LogP contribution in [-0.4, -0.2) is 46.5 Å². The lowest BCUT2D eigenvalue weighted by Gasteiger charge is -2.22. The van der Waals surface area contributed by atoms with E-state index in [-0.39, 0.29) is 19.1 Å². The fourth-order valence-electron chi connectivity index (χ4n) is 1.15. The van der Waals surface area contributed by atoms with Gasteiger partial charge in [-0.2, -0.15) is 0 Å². The molecule has 90 valence electrons. The zero-order valence-corrected chi connectivity index (χ0v) is 10.3. The Morgan fingerprint density at radius 3 is 2.88 bits per heavy atom. The van der Waals surface area contributed by atoms with Crippen molar-refractivity contribution in [1.29, 1.82) is 0 Å². The molecule has 1 aromatic heterocycles. The van der Waals surface area contributed by atoms with Gasteiger partial charge in [0.15, 0.2) is 0 Å². The van der Waals surface area contributed by atoms with Crippen molar-refractivity contribution in [2.24, 2.45) is 0 Å². The van der Waals surface area contributed by atoms with Crippen LogP contribution in [0.4, 0.5) is 0 Å². The molecule has 1 rings (SSSR count). The number of nitrogens with one attached hydrogen (secondary N) is 1. The molecule has 0 bridgehead atoms. The molecule has 7 heteroatoms. The molecule has 0 aliphatic rings. The third-order valence-electron chi connectivity index (χ3n) is 1.94. The number of carbonyl (C=O) groups is 1. The summed E-state index contributed by atoms with van der Waals surface area (Å²) in [6.07, 6.45) is 0. The Labute approximate surface area is 97.8 Å². The largest absolute Gasteiger partial charge is 0.386 e. The zero-order valence-electron chi connectivity index (χ0n) is 9.48. The lowest BCUT2D eigenvalue weighted by molar-refractivity contribution is -0.0146. The highest BCUT2D eigenvalue weighted by molar-refractivity contribution is 7.07. The number of aryl methyl sites for hydroxylation is 1. The highest BCUT2D eigenvalue weighted by Gasteiger charge is 2.22. The summed E-state index contributed by atoms with van der Waals surface area (Å²) in [4.78, 5) is 12.1. The lowest BCUT2D eigenvalue weighted by atomic mass is 10.1. The van der Waals surface area contributed by atoms with Gasteiger partial charge in [-0.1, -0.05) is 4.49 Å². The summed E-state index contributed by atoms with van der Waals surface area (Å²) in [5.74, 6) is -0.274. The minimum Gasteiger partial charge on any atom is -0.386 e. The van der Waals surface area contributed by atoms with Gasteiger partial charge in [0, 0.05) is 13.7 Å². The molecule has 16 heavy (non-hydrogen) atoms. The van der Waals surface area contributed by atoms with Gasteiger partial charge in [0.1, 0.15) is 10.5 Å². The van der Waals surface area contributed by atoms with Gasteiger partial charge in [-0.25, -0.2) is 0 Å². The van der Waals surface area contributed by atoms with Gasteiger partial charge in [0.25, 0.3) is 5.91 Å². The number of rotatable bonds is 5. The van der Waals surface area contributed by atoms with Crippen molar-refractivity contribution >= 4 is 17.4 Å². The summed E-state index contributed by atoms with van der Waals surface area (Å²) < 4.78 is 8.50. The second-order valence-corrected chi connectivity index (χ2v) is 4.55. The molecule has 1 amide bonds. The van der Waals surface area contributed by atoms with E-state index in [0.717, 1.165) is 11.5 Å². The topological polar surface area (TPSA) is 84.3 Å². The maximum absolute atomic E-state index is 11.6. The molecule has 6 nitrogen and oxygen atoms in total. The highest BCUT2D eigenvalue weighted by Crippen LogP contribution is 2.09. The van der Waals surface area contributed by atoms with E-state index in [1.165, 1.54) is 7.11 Å². The average Bonchev–Trinajstić information content (AvgIpc) is 2.61. The maximum atomic E-state index is 11.6. The fraction of sp³-hybridized carbons (Fsp3) is 0.667. The lowest BCUT2D eigenvalue weighted by Crippen LogP contribution is -2.43. The van der Waals surface area contributed by atoms with Crippen LogP contribution < -0.4 is 5.32 Å². The summed E-state index contributed by atoms with van der Waals surface area (Å²) in [7, 11) is 1.49. The quantitative estimate of drug-likeness (QED) is 0.761. The molecule has 0 aliphatic carbocycles. The number of hydrogen-bond donors (Lipinski definition) is 2. The van der Waals surface area contributed by atoms with E-state index in [1.54, 1.807) is 13.8 Å². The summed E-state index contributed by atoms with van der Waals surface area (Å²) >= 11 is 1.04. The molecule has 2 N–H and O–H groups in total. The third-order valence-corrected chi connectivity index (χ3v) is 2.77. The molecular weight excluding hydrogens is 230 g/mol. The molecule has 1 unspecified atom stereocenters. The van der Waals surface area contributed by atoms with Crippen LogP contribution in [0.15, 0.2) is 0 Å². The summed E-state index contributed by atoms with van der Waals surface area (Å²) in [5, 5.41) is 16.1. The van der Waals surface area contributed by atoms with E-state index < -0.39 is 5.60 Å². The van der Waals surface area contributed by atoms with Gasteiger partial charge < -0.3 is 15.2 Å². The normalized spacial score (nSPS) is 14.5. The van der Waals surface area contributed by atoms with Crippen molar-refractivity contribution < 1.29 is 14.6 Å². The minimum atomic E-state index is -1.07. The first-order valence-corrected chi connectivity index (χ1v) is 5.52. The van der Waals surface area contributed by atoms with Crippen LogP contribution in [0.5, 0.6) is 0 Å². The Morgan fingerprint density at radius 2 is 2.38 bits per heavy atom. The Kier molecular flexibility index (Phi) is 4.34. The van der Waals surface area contributed by atoms with E-state index >= 15 is 0 Å². The summed E-state index contributed by atoms with van der Waals surface area (Å²) in [5.41, 5.74) is -0.481. The SMILES string of the molecule is COCC(C)(O)CNC(=O)c1snnc1C. The fourth-order valence-corrected chi connectivity index (χ4v) is 1.73. The maximum Gasteiger partial charge on any atom is 0.265 e. The second-order valence-electron chi connectivity index (χ2n) is 3.80. The molecule has 0 fully saturated rings. The molecular formula is C9H15N3O3S. The molecule has 0 radical (unpaired) electrons. The Balaban J connectivity index is 2.51. The molecule has 1 aromatic rings. The van der Waals surface area contributed by atoms with E-state index in [2.05, 4.69) is 14.9 Å². The smallest absolute Gasteiger partial charge is 0.265 e. The average molecular weight is 245 g/mol. The van der Waals surface area contributed by atoms with Crippen molar-refractivity contribution in [3.05, 3.63) is 10.6 Å². The van der Waals surface area contributed by atoms with Crippen LogP contribution in [0, 0.1) is 6.92 Å². The van der Waals surface area contributed by atoms with E-state index in [0.29, 0.717) is 10.6 Å². The number of hydrogen-bond acceptors (Lipinski definition) is 6. The van der Waals surface area contributed by atoms with Gasteiger partial charge in [0.05, 0.1) is 12.3 Å². The molecule has 1 heterocycles. The van der Waals surface area contributed by atoms with Crippen LogP contribution in [0.3, 0.4) is 0 Å². The van der Waals surface area contributed by atoms with E-state index in [1.807, 2.05) is 0 Å². The van der Waals surface area contributed by atoms with E-state index in [9.17, 15) is 9.90 Å². The van der Waals surface area contributed by atoms with Crippen molar-refractivity contribution in [2.45, 2.75) is 19.4 Å². The highest BCUT2D eigenvalue weighted by atomic mass is 32.1. The zero-order chi connectivity index (χ0) is 12.2. The van der Waals surface area contributed by atoms with Crippen LogP contribution >= 0.6 is 11.5 Å². The number of ether oxygens (including phenoxy) is 1. The van der Waals surface area contributed by atoms with Crippen LogP contribution in [-0.2, 0) is 4.74 Å². The van der Waals surface area contributed by atoms with Crippen molar-refractivity contribution in [1.82, 2.24) is 14.9 Å². The van der Waals surface area contributed by atoms with E-state index in [4.69, 9.17) is 4.74 Å². The second kappa shape index (κ2) is 5.33. The van der Waals surface area contributed by atoms with Gasteiger partial charge in [-0.05, 0) is 25.4 Å². The first-order valence-electron chi connectivity index (χ1n) is 4.75. The Hall–Kier alpha value is -1.05. The predicted octanol–water partition coefficient (Wildman–Crippen LogP) is -0.0263. The predicted molar refractivity (Wildman–Crippen MR) is 59.5 cm³/mol. The van der Waals surface area contributed by atoms with Crippen molar-refractivity contribution in [3.8, 4) is 0 Å². The van der Waals surface area contributed by atoms with Crippen LogP contribution in [0.2, 0.25) is 0 Å². The summed E-state index contributed by atoms with van der Waals surface area (Å²) in [6.45, 7) is 3.59. The first kappa shape index (κ1) is 13.0. The standard InChI is InChI=1S/C9H15N3O3S/c1-6-7(16-12-11-6)8(13)10-4-9(2,14)5-15-3/h14H,4-5H2,1-3H3,(H,10,13). The number of carbonyl (C=O) groups excluding carboxylic acids is 1. The third kappa shape index (κ3) is 3.51. The molecule has 0 spiro atoms. The van der Waals surface area contributed by atoms with Gasteiger partial charge in [0.2, 0.25) is 0 Å². The molecule has 0 saturated heterocycles. The van der Waals surface area contributed by atoms with Gasteiger partial charge >= 0.3 is 0 Å². The van der Waals surface area contributed by atoms with Crippen molar-refractivity contribution in [2.75, 3.05) is 20.3 Å². The number of amides is 1. The molecule has 0 aromatic carbocycles. The Morgan fingerprint density at radius 1 is 1.69 bits per heavy atom. The number of methoxy groups -OCH3 is 1. The number of nitrogens with zero attached hydrogens (tertiary/aromatic N) is 2. The molecule has 0 saturated carbocycles. The minimum absolute atomic E-state index is 0.122. The van der Waals surface area contributed by atoms with Gasteiger partial charge in [-0.3, -0.25) is 4.79 Å².